The Morgan fingerprint density at radius 3 is 2.86 bits per heavy atom. The molecule has 0 aliphatic heterocycles. The number of rotatable bonds is 5. The van der Waals surface area contributed by atoms with Gasteiger partial charge in [-0.2, -0.15) is 0 Å². The predicted molar refractivity (Wildman–Crippen MR) is 57.3 cm³/mol. The normalized spacial score (nSPS) is 30.2. The van der Waals surface area contributed by atoms with E-state index in [1.807, 2.05) is 7.05 Å². The van der Waals surface area contributed by atoms with Crippen molar-refractivity contribution in [3.63, 3.8) is 0 Å². The molecule has 84 valence electrons. The van der Waals surface area contributed by atoms with E-state index < -0.39 is 0 Å². The summed E-state index contributed by atoms with van der Waals surface area (Å²) in [5.74, 6) is 0.802. The van der Waals surface area contributed by atoms with Crippen LogP contribution in [0, 0.1) is 5.92 Å². The molecular weight excluding hydrogens is 178 g/mol. The molecule has 3 atom stereocenters. The van der Waals surface area contributed by atoms with Crippen molar-refractivity contribution < 1.29 is 9.84 Å². The molecule has 1 aliphatic carbocycles. The molecule has 0 spiro atoms. The van der Waals surface area contributed by atoms with Gasteiger partial charge in [-0.1, -0.05) is 19.8 Å². The molecule has 14 heavy (non-hydrogen) atoms. The summed E-state index contributed by atoms with van der Waals surface area (Å²) in [5.41, 5.74) is 0. The Morgan fingerprint density at radius 1 is 1.50 bits per heavy atom. The quantitative estimate of drug-likeness (QED) is 0.701. The molecule has 0 heterocycles. The van der Waals surface area contributed by atoms with E-state index in [1.54, 1.807) is 0 Å². The van der Waals surface area contributed by atoms with Crippen molar-refractivity contribution in [2.24, 2.45) is 5.92 Å². The van der Waals surface area contributed by atoms with Crippen LogP contribution in [-0.2, 0) is 4.74 Å². The maximum Gasteiger partial charge on any atom is 0.0645 e. The molecule has 3 heteroatoms. The fourth-order valence-electron chi connectivity index (χ4n) is 2.01. The summed E-state index contributed by atoms with van der Waals surface area (Å²) in [7, 11) is 1.85. The minimum Gasteiger partial charge on any atom is -0.395 e. The summed E-state index contributed by atoms with van der Waals surface area (Å²) in [6, 6.07) is 0.0900. The van der Waals surface area contributed by atoms with Gasteiger partial charge in [-0.05, 0) is 25.8 Å². The van der Waals surface area contributed by atoms with E-state index in [9.17, 15) is 0 Å². The third-order valence-electron chi connectivity index (χ3n) is 3.05. The van der Waals surface area contributed by atoms with Crippen LogP contribution in [-0.4, -0.2) is 37.5 Å². The third kappa shape index (κ3) is 3.95. The van der Waals surface area contributed by atoms with Crippen LogP contribution >= 0.6 is 0 Å². The number of likely N-dealkylation sites (N-methyl/N-ethyl adjacent to an activating group) is 1. The van der Waals surface area contributed by atoms with Crippen LogP contribution in [0.4, 0.5) is 0 Å². The second-order valence-corrected chi connectivity index (χ2v) is 4.40. The van der Waals surface area contributed by atoms with E-state index in [2.05, 4.69) is 12.2 Å². The summed E-state index contributed by atoms with van der Waals surface area (Å²) in [4.78, 5) is 0. The average molecular weight is 201 g/mol. The van der Waals surface area contributed by atoms with Crippen molar-refractivity contribution in [3.05, 3.63) is 0 Å². The van der Waals surface area contributed by atoms with Gasteiger partial charge in [-0.25, -0.2) is 0 Å². The molecule has 2 N–H and O–H groups in total. The Bertz CT molecular complexity index is 148. The molecule has 3 unspecified atom stereocenters. The number of hydrogen-bond donors (Lipinski definition) is 2. The van der Waals surface area contributed by atoms with Gasteiger partial charge in [-0.3, -0.25) is 0 Å². The minimum absolute atomic E-state index is 0.0900. The Balaban J connectivity index is 2.16. The average Bonchev–Trinajstić information content (AvgIpc) is 2.19. The van der Waals surface area contributed by atoms with Gasteiger partial charge in [0, 0.05) is 0 Å². The van der Waals surface area contributed by atoms with Gasteiger partial charge in [0.05, 0.1) is 25.4 Å². The minimum atomic E-state index is 0.0900. The molecule has 0 aromatic carbocycles. The molecule has 0 radical (unpaired) electrons. The van der Waals surface area contributed by atoms with Crippen molar-refractivity contribution in [2.75, 3.05) is 20.3 Å². The van der Waals surface area contributed by atoms with Gasteiger partial charge in [0.15, 0.2) is 0 Å². The zero-order valence-electron chi connectivity index (χ0n) is 9.33. The molecule has 1 rings (SSSR count). The fourth-order valence-corrected chi connectivity index (χ4v) is 2.01. The Morgan fingerprint density at radius 2 is 2.29 bits per heavy atom. The smallest absolute Gasteiger partial charge is 0.0645 e. The van der Waals surface area contributed by atoms with Crippen LogP contribution in [0.25, 0.3) is 0 Å². The lowest BCUT2D eigenvalue weighted by atomic mass is 9.89. The third-order valence-corrected chi connectivity index (χ3v) is 3.05. The monoisotopic (exact) mass is 201 g/mol. The zero-order valence-corrected chi connectivity index (χ0v) is 9.33. The first-order chi connectivity index (χ1) is 6.76. The standard InChI is InChI=1S/C11H23NO2/c1-9-4-3-5-11(6-9)14-8-10(7-13)12-2/h9-13H,3-8H2,1-2H3. The lowest BCUT2D eigenvalue weighted by Crippen LogP contribution is -2.36. The van der Waals surface area contributed by atoms with Gasteiger partial charge in [0.1, 0.15) is 0 Å². The largest absolute Gasteiger partial charge is 0.395 e. The number of aliphatic hydroxyl groups is 1. The van der Waals surface area contributed by atoms with Crippen LogP contribution in [0.2, 0.25) is 0 Å². The molecular formula is C11H23NO2. The van der Waals surface area contributed by atoms with Crippen LogP contribution < -0.4 is 5.32 Å². The van der Waals surface area contributed by atoms with Gasteiger partial charge < -0.3 is 15.2 Å². The van der Waals surface area contributed by atoms with Gasteiger partial charge in [0.25, 0.3) is 0 Å². The number of aliphatic hydroxyl groups excluding tert-OH is 1. The molecule has 0 amide bonds. The summed E-state index contributed by atoms with van der Waals surface area (Å²) in [6.45, 7) is 3.07. The number of ether oxygens (including phenoxy) is 1. The highest BCUT2D eigenvalue weighted by Gasteiger charge is 2.20. The molecule has 0 bridgehead atoms. The van der Waals surface area contributed by atoms with E-state index in [0.29, 0.717) is 12.7 Å². The number of hydrogen-bond acceptors (Lipinski definition) is 3. The highest BCUT2D eigenvalue weighted by molar-refractivity contribution is 4.72. The maximum atomic E-state index is 8.96. The van der Waals surface area contributed by atoms with Crippen molar-refractivity contribution >= 4 is 0 Å². The first kappa shape index (κ1) is 12.0. The zero-order chi connectivity index (χ0) is 10.4. The molecule has 1 saturated carbocycles. The summed E-state index contributed by atoms with van der Waals surface area (Å²) < 4.78 is 5.77. The molecule has 0 saturated heterocycles. The molecule has 0 aromatic heterocycles. The number of nitrogens with one attached hydrogen (secondary N) is 1. The lowest BCUT2D eigenvalue weighted by Gasteiger charge is -2.28. The van der Waals surface area contributed by atoms with Crippen molar-refractivity contribution in [1.82, 2.24) is 5.32 Å². The summed E-state index contributed by atoms with van der Waals surface area (Å²) >= 11 is 0. The Kier molecular flexibility index (Phi) is 5.45. The van der Waals surface area contributed by atoms with Crippen LogP contribution in [0.1, 0.15) is 32.6 Å². The SMILES string of the molecule is CNC(CO)COC1CCCC(C)C1. The topological polar surface area (TPSA) is 41.5 Å². The van der Waals surface area contributed by atoms with E-state index in [4.69, 9.17) is 9.84 Å². The van der Waals surface area contributed by atoms with Crippen LogP contribution in [0.5, 0.6) is 0 Å². The van der Waals surface area contributed by atoms with Crippen molar-refractivity contribution in [2.45, 2.75) is 44.8 Å². The molecule has 0 aromatic rings. The second kappa shape index (κ2) is 6.38. The van der Waals surface area contributed by atoms with E-state index in [0.717, 1.165) is 5.92 Å². The predicted octanol–water partition coefficient (Wildman–Crippen LogP) is 1.16. The Hall–Kier alpha value is -0.120. The highest BCUT2D eigenvalue weighted by Crippen LogP contribution is 2.25. The van der Waals surface area contributed by atoms with Gasteiger partial charge in [0.2, 0.25) is 0 Å². The Labute approximate surface area is 86.8 Å². The first-order valence-corrected chi connectivity index (χ1v) is 5.66. The second-order valence-electron chi connectivity index (χ2n) is 4.40. The van der Waals surface area contributed by atoms with E-state index in [1.165, 1.54) is 25.7 Å². The van der Waals surface area contributed by atoms with Crippen molar-refractivity contribution in [1.29, 1.82) is 0 Å². The molecule has 1 aliphatic rings. The lowest BCUT2D eigenvalue weighted by molar-refractivity contribution is -0.00198. The summed E-state index contributed by atoms with van der Waals surface area (Å²) in [6.07, 6.45) is 5.42. The highest BCUT2D eigenvalue weighted by atomic mass is 16.5. The van der Waals surface area contributed by atoms with Crippen LogP contribution in [0.3, 0.4) is 0 Å². The van der Waals surface area contributed by atoms with Gasteiger partial charge in [-0.15, -0.1) is 0 Å². The molecule has 3 nitrogen and oxygen atoms in total. The molecule has 1 fully saturated rings. The van der Waals surface area contributed by atoms with E-state index in [-0.39, 0.29) is 12.6 Å². The fraction of sp³-hybridized carbons (Fsp3) is 1.00. The van der Waals surface area contributed by atoms with Gasteiger partial charge >= 0.3 is 0 Å². The van der Waals surface area contributed by atoms with E-state index >= 15 is 0 Å². The first-order valence-electron chi connectivity index (χ1n) is 5.66. The van der Waals surface area contributed by atoms with Crippen molar-refractivity contribution in [3.8, 4) is 0 Å². The maximum absolute atomic E-state index is 8.96. The summed E-state index contributed by atoms with van der Waals surface area (Å²) in [5, 5.41) is 12.0. The van der Waals surface area contributed by atoms with Crippen LogP contribution in [0.15, 0.2) is 0 Å².